The number of nitrogens with one attached hydrogen (secondary N) is 2. The van der Waals surface area contributed by atoms with Crippen molar-refractivity contribution in [2.24, 2.45) is 0 Å². The van der Waals surface area contributed by atoms with Crippen LogP contribution in [0.25, 0.3) is 0 Å². The van der Waals surface area contributed by atoms with Crippen LogP contribution in [0.1, 0.15) is 34.6 Å². The fourth-order valence-electron chi connectivity index (χ4n) is 2.61. The molecule has 2 rings (SSSR count). The molecule has 0 radical (unpaired) electrons. The van der Waals surface area contributed by atoms with E-state index in [1.54, 1.807) is 30.3 Å². The molecular formula is C20H24N2O4S. The number of rotatable bonds is 7. The number of hydrogen-bond acceptors (Lipinski definition) is 5. The molecule has 2 aromatic carbocycles. The van der Waals surface area contributed by atoms with E-state index in [0.29, 0.717) is 22.7 Å². The van der Waals surface area contributed by atoms with Gasteiger partial charge in [0.2, 0.25) is 0 Å². The second kappa shape index (κ2) is 9.32. The van der Waals surface area contributed by atoms with Gasteiger partial charge < -0.3 is 20.1 Å². The lowest BCUT2D eigenvalue weighted by Gasteiger charge is -2.17. The first-order chi connectivity index (χ1) is 12.9. The standard InChI is InChI=1S/C20H24N2O4S/c1-12(2)21-19(23)13-8-6-7-9-14(13)22-20(24)17-15(25-3)10-11-16(27-5)18(17)26-4/h6-12H,1-5H3,(H,21,23)(H,22,24). The van der Waals surface area contributed by atoms with Crippen molar-refractivity contribution in [1.82, 2.24) is 5.32 Å². The van der Waals surface area contributed by atoms with Crippen LogP contribution < -0.4 is 20.1 Å². The first-order valence-electron chi connectivity index (χ1n) is 8.43. The van der Waals surface area contributed by atoms with Crippen molar-refractivity contribution in [1.29, 1.82) is 0 Å². The third-order valence-corrected chi connectivity index (χ3v) is 4.56. The minimum absolute atomic E-state index is 0.0142. The molecule has 0 aliphatic carbocycles. The molecule has 2 amide bonds. The van der Waals surface area contributed by atoms with Gasteiger partial charge in [-0.3, -0.25) is 9.59 Å². The lowest BCUT2D eigenvalue weighted by atomic mass is 10.1. The zero-order valence-corrected chi connectivity index (χ0v) is 16.9. The molecular weight excluding hydrogens is 364 g/mol. The van der Waals surface area contributed by atoms with Crippen LogP contribution in [0.15, 0.2) is 41.3 Å². The molecule has 6 nitrogen and oxygen atoms in total. The Labute approximate surface area is 163 Å². The molecule has 2 N–H and O–H groups in total. The van der Waals surface area contributed by atoms with E-state index in [-0.39, 0.29) is 17.5 Å². The molecule has 0 bridgehead atoms. The van der Waals surface area contributed by atoms with Crippen molar-refractivity contribution in [3.05, 3.63) is 47.5 Å². The Kier molecular flexibility index (Phi) is 7.12. The summed E-state index contributed by atoms with van der Waals surface area (Å²) >= 11 is 1.47. The Morgan fingerprint density at radius 3 is 2.30 bits per heavy atom. The van der Waals surface area contributed by atoms with Gasteiger partial charge in [0.15, 0.2) is 0 Å². The average molecular weight is 388 g/mol. The highest BCUT2D eigenvalue weighted by Crippen LogP contribution is 2.37. The monoisotopic (exact) mass is 388 g/mol. The predicted molar refractivity (Wildman–Crippen MR) is 108 cm³/mol. The second-order valence-corrected chi connectivity index (χ2v) is 6.85. The molecule has 0 fully saturated rings. The number of thioether (sulfide) groups is 1. The molecule has 0 saturated carbocycles. The van der Waals surface area contributed by atoms with Crippen molar-refractivity contribution in [3.63, 3.8) is 0 Å². The molecule has 0 spiro atoms. The SMILES string of the molecule is COc1ccc(SC)c(OC)c1C(=O)Nc1ccccc1C(=O)NC(C)C. The highest BCUT2D eigenvalue weighted by Gasteiger charge is 2.23. The zero-order chi connectivity index (χ0) is 20.0. The third kappa shape index (κ3) is 4.74. The van der Waals surface area contributed by atoms with Crippen LogP contribution >= 0.6 is 11.8 Å². The third-order valence-electron chi connectivity index (χ3n) is 3.79. The van der Waals surface area contributed by atoms with Crippen molar-refractivity contribution >= 4 is 29.3 Å². The number of para-hydroxylation sites is 1. The number of hydrogen-bond donors (Lipinski definition) is 2. The summed E-state index contributed by atoms with van der Waals surface area (Å²) in [7, 11) is 3.00. The summed E-state index contributed by atoms with van der Waals surface area (Å²) in [5, 5.41) is 5.65. The number of amides is 2. The fraction of sp³-hybridized carbons (Fsp3) is 0.300. The van der Waals surface area contributed by atoms with E-state index < -0.39 is 5.91 Å². The van der Waals surface area contributed by atoms with Gasteiger partial charge in [0.05, 0.1) is 30.4 Å². The van der Waals surface area contributed by atoms with Gasteiger partial charge in [-0.2, -0.15) is 0 Å². The predicted octanol–water partition coefficient (Wildman–Crippen LogP) is 3.82. The molecule has 144 valence electrons. The number of anilines is 1. The van der Waals surface area contributed by atoms with Gasteiger partial charge in [0.1, 0.15) is 17.1 Å². The van der Waals surface area contributed by atoms with Crippen LogP contribution in [0.3, 0.4) is 0 Å². The summed E-state index contributed by atoms with van der Waals surface area (Å²) in [6.45, 7) is 3.76. The number of methoxy groups -OCH3 is 2. The van der Waals surface area contributed by atoms with Crippen LogP contribution in [0, 0.1) is 0 Å². The van der Waals surface area contributed by atoms with Gasteiger partial charge in [-0.15, -0.1) is 11.8 Å². The maximum absolute atomic E-state index is 13.0. The molecule has 0 saturated heterocycles. The van der Waals surface area contributed by atoms with Gasteiger partial charge in [-0.25, -0.2) is 0 Å². The van der Waals surface area contributed by atoms with E-state index in [4.69, 9.17) is 9.47 Å². The van der Waals surface area contributed by atoms with Crippen molar-refractivity contribution < 1.29 is 19.1 Å². The van der Waals surface area contributed by atoms with E-state index in [0.717, 1.165) is 4.90 Å². The Morgan fingerprint density at radius 1 is 1.00 bits per heavy atom. The summed E-state index contributed by atoms with van der Waals surface area (Å²) in [5.74, 6) is 0.164. The first kappa shape index (κ1) is 20.6. The van der Waals surface area contributed by atoms with E-state index in [9.17, 15) is 9.59 Å². The van der Waals surface area contributed by atoms with Crippen molar-refractivity contribution in [2.45, 2.75) is 24.8 Å². The molecule has 7 heteroatoms. The minimum Gasteiger partial charge on any atom is -0.496 e. The normalized spacial score (nSPS) is 10.4. The largest absolute Gasteiger partial charge is 0.496 e. The van der Waals surface area contributed by atoms with Gasteiger partial charge in [-0.05, 0) is 44.4 Å². The van der Waals surface area contributed by atoms with Gasteiger partial charge >= 0.3 is 0 Å². The van der Waals surface area contributed by atoms with E-state index in [1.165, 1.54) is 26.0 Å². The summed E-state index contributed by atoms with van der Waals surface area (Å²) in [6, 6.07) is 10.4. The zero-order valence-electron chi connectivity index (χ0n) is 16.1. The summed E-state index contributed by atoms with van der Waals surface area (Å²) < 4.78 is 10.8. The Hall–Kier alpha value is -2.67. The quantitative estimate of drug-likeness (QED) is 0.705. The molecule has 0 aliphatic rings. The van der Waals surface area contributed by atoms with Gasteiger partial charge in [0.25, 0.3) is 11.8 Å². The molecule has 0 heterocycles. The number of carbonyl (C=O) groups excluding carboxylic acids is 2. The fourth-order valence-corrected chi connectivity index (χ4v) is 3.18. The van der Waals surface area contributed by atoms with E-state index in [2.05, 4.69) is 10.6 Å². The number of ether oxygens (including phenoxy) is 2. The smallest absolute Gasteiger partial charge is 0.263 e. The average Bonchev–Trinajstić information content (AvgIpc) is 2.66. The van der Waals surface area contributed by atoms with Gasteiger partial charge in [0, 0.05) is 6.04 Å². The van der Waals surface area contributed by atoms with Crippen LogP contribution in [0.4, 0.5) is 5.69 Å². The Balaban J connectivity index is 2.43. The number of benzene rings is 2. The van der Waals surface area contributed by atoms with E-state index >= 15 is 0 Å². The van der Waals surface area contributed by atoms with Crippen LogP contribution in [-0.2, 0) is 0 Å². The molecule has 2 aromatic rings. The topological polar surface area (TPSA) is 76.7 Å². The summed E-state index contributed by atoms with van der Waals surface area (Å²) in [4.78, 5) is 26.3. The number of carbonyl (C=O) groups is 2. The molecule has 0 unspecified atom stereocenters. The maximum atomic E-state index is 13.0. The molecule has 0 aliphatic heterocycles. The summed E-state index contributed by atoms with van der Waals surface area (Å²) in [5.41, 5.74) is 1.09. The first-order valence-corrected chi connectivity index (χ1v) is 9.65. The van der Waals surface area contributed by atoms with Crippen molar-refractivity contribution in [2.75, 3.05) is 25.8 Å². The lowest BCUT2D eigenvalue weighted by molar-refractivity contribution is 0.0944. The van der Waals surface area contributed by atoms with Crippen molar-refractivity contribution in [3.8, 4) is 11.5 Å². The highest BCUT2D eigenvalue weighted by atomic mass is 32.2. The van der Waals surface area contributed by atoms with Gasteiger partial charge in [-0.1, -0.05) is 12.1 Å². The highest BCUT2D eigenvalue weighted by molar-refractivity contribution is 7.98. The Morgan fingerprint density at radius 2 is 1.70 bits per heavy atom. The molecule has 0 atom stereocenters. The molecule has 27 heavy (non-hydrogen) atoms. The van der Waals surface area contributed by atoms with Crippen LogP contribution in [-0.4, -0.2) is 38.3 Å². The molecule has 0 aromatic heterocycles. The maximum Gasteiger partial charge on any atom is 0.263 e. The van der Waals surface area contributed by atoms with Crippen LogP contribution in [0.5, 0.6) is 11.5 Å². The Bertz CT molecular complexity index is 837. The summed E-state index contributed by atoms with van der Waals surface area (Å²) in [6.07, 6.45) is 1.90. The van der Waals surface area contributed by atoms with E-state index in [1.807, 2.05) is 26.2 Å². The lowest BCUT2D eigenvalue weighted by Crippen LogP contribution is -2.31. The second-order valence-electron chi connectivity index (χ2n) is 6.01. The minimum atomic E-state index is -0.413. The van der Waals surface area contributed by atoms with Crippen LogP contribution in [0.2, 0.25) is 0 Å².